The zero-order chi connectivity index (χ0) is 30.3. The van der Waals surface area contributed by atoms with Crippen LogP contribution in [-0.2, 0) is 22.6 Å². The standard InChI is InChI=1S/C35H48N6O3/c42-33(39-21-16-30(17-22-39)41-26-28-11-5-6-12-31(28)37-35(41)44)25-32(36-18-13-27-9-3-1-4-10-27)34(43)40-23-14-29(15-24-40)38-19-7-2-8-20-38/h1,3-6,9-12,29-30,32,36H,2,7-8,13-26H2,(H,37,44)/t32-/m0/s1. The molecule has 2 N–H and O–H groups in total. The SMILES string of the molecule is O=C(C[C@H](NCCc1ccccc1)C(=O)N1CCC(N2CCCCC2)CC1)N1CCC(N2Cc3ccccc3NC2=O)CC1. The first-order valence-electron chi connectivity index (χ1n) is 16.8. The van der Waals surface area contributed by atoms with Crippen molar-refractivity contribution in [3.05, 3.63) is 65.7 Å². The minimum absolute atomic E-state index is 0.0191. The second-order valence-electron chi connectivity index (χ2n) is 12.9. The van der Waals surface area contributed by atoms with Crippen molar-refractivity contribution in [2.75, 3.05) is 51.1 Å². The number of piperidine rings is 3. The maximum absolute atomic E-state index is 13.9. The molecule has 9 heteroatoms. The van der Waals surface area contributed by atoms with E-state index in [-0.39, 0.29) is 30.3 Å². The number of hydrogen-bond donors (Lipinski definition) is 2. The fourth-order valence-corrected chi connectivity index (χ4v) is 7.49. The van der Waals surface area contributed by atoms with Crippen LogP contribution in [0, 0.1) is 0 Å². The molecular formula is C35H48N6O3. The van der Waals surface area contributed by atoms with Gasteiger partial charge in [0.1, 0.15) is 0 Å². The average molecular weight is 601 g/mol. The van der Waals surface area contributed by atoms with Gasteiger partial charge < -0.3 is 30.2 Å². The van der Waals surface area contributed by atoms with Gasteiger partial charge >= 0.3 is 6.03 Å². The van der Waals surface area contributed by atoms with Gasteiger partial charge in [0.25, 0.3) is 0 Å². The number of para-hydroxylation sites is 1. The van der Waals surface area contributed by atoms with Gasteiger partial charge in [-0.2, -0.15) is 0 Å². The normalized spacial score (nSPS) is 21.1. The first-order chi connectivity index (χ1) is 21.5. The van der Waals surface area contributed by atoms with E-state index >= 15 is 0 Å². The topological polar surface area (TPSA) is 88.2 Å². The van der Waals surface area contributed by atoms with Crippen LogP contribution in [-0.4, -0.2) is 101 Å². The molecule has 0 bridgehead atoms. The molecule has 3 fully saturated rings. The minimum Gasteiger partial charge on any atom is -0.342 e. The molecule has 0 unspecified atom stereocenters. The van der Waals surface area contributed by atoms with Gasteiger partial charge in [0.05, 0.1) is 12.5 Å². The maximum Gasteiger partial charge on any atom is 0.322 e. The van der Waals surface area contributed by atoms with Gasteiger partial charge in [0.15, 0.2) is 0 Å². The molecule has 4 amide bonds. The van der Waals surface area contributed by atoms with Crippen LogP contribution in [0.15, 0.2) is 54.6 Å². The number of benzene rings is 2. The highest BCUT2D eigenvalue weighted by Crippen LogP contribution is 2.28. The Hall–Kier alpha value is -3.43. The number of nitrogens with zero attached hydrogens (tertiary/aromatic N) is 4. The van der Waals surface area contributed by atoms with Crippen LogP contribution in [0.3, 0.4) is 0 Å². The molecule has 0 radical (unpaired) electrons. The predicted octanol–water partition coefficient (Wildman–Crippen LogP) is 4.09. The molecule has 9 nitrogen and oxygen atoms in total. The number of carbonyl (C=O) groups excluding carboxylic acids is 3. The molecule has 3 saturated heterocycles. The predicted molar refractivity (Wildman–Crippen MR) is 172 cm³/mol. The number of rotatable bonds is 9. The summed E-state index contributed by atoms with van der Waals surface area (Å²) in [5, 5.41) is 6.49. The minimum atomic E-state index is -0.528. The van der Waals surface area contributed by atoms with E-state index in [1.54, 1.807) is 0 Å². The van der Waals surface area contributed by atoms with Gasteiger partial charge in [-0.15, -0.1) is 0 Å². The van der Waals surface area contributed by atoms with E-state index in [1.165, 1.54) is 37.9 Å². The van der Waals surface area contributed by atoms with Crippen LogP contribution >= 0.6 is 0 Å². The van der Waals surface area contributed by atoms with Gasteiger partial charge in [0.2, 0.25) is 11.8 Å². The molecule has 4 heterocycles. The smallest absolute Gasteiger partial charge is 0.322 e. The van der Waals surface area contributed by atoms with Gasteiger partial charge in [0, 0.05) is 50.5 Å². The lowest BCUT2D eigenvalue weighted by atomic mass is 9.98. The summed E-state index contributed by atoms with van der Waals surface area (Å²) in [7, 11) is 0. The van der Waals surface area contributed by atoms with Crippen molar-refractivity contribution in [1.82, 2.24) is 24.9 Å². The van der Waals surface area contributed by atoms with Crippen LogP contribution in [0.1, 0.15) is 62.5 Å². The van der Waals surface area contributed by atoms with Crippen molar-refractivity contribution in [1.29, 1.82) is 0 Å². The molecule has 236 valence electrons. The highest BCUT2D eigenvalue weighted by atomic mass is 16.2. The molecule has 4 aliphatic heterocycles. The summed E-state index contributed by atoms with van der Waals surface area (Å²) >= 11 is 0. The first-order valence-corrected chi connectivity index (χ1v) is 16.8. The summed E-state index contributed by atoms with van der Waals surface area (Å²) in [6.45, 7) is 6.33. The second-order valence-corrected chi connectivity index (χ2v) is 12.9. The maximum atomic E-state index is 13.9. The number of likely N-dealkylation sites (tertiary alicyclic amines) is 3. The van der Waals surface area contributed by atoms with Crippen molar-refractivity contribution in [2.45, 2.75) is 82.5 Å². The van der Waals surface area contributed by atoms with E-state index in [9.17, 15) is 14.4 Å². The van der Waals surface area contributed by atoms with E-state index in [4.69, 9.17) is 0 Å². The van der Waals surface area contributed by atoms with Crippen LogP contribution in [0.4, 0.5) is 10.5 Å². The summed E-state index contributed by atoms with van der Waals surface area (Å²) < 4.78 is 0. The van der Waals surface area contributed by atoms with Gasteiger partial charge in [-0.05, 0) is 81.8 Å². The van der Waals surface area contributed by atoms with Crippen molar-refractivity contribution in [3.8, 4) is 0 Å². The van der Waals surface area contributed by atoms with E-state index < -0.39 is 6.04 Å². The number of hydrogen-bond acceptors (Lipinski definition) is 5. The zero-order valence-corrected chi connectivity index (χ0v) is 26.0. The van der Waals surface area contributed by atoms with Crippen LogP contribution in [0.5, 0.6) is 0 Å². The molecule has 4 aliphatic rings. The summed E-state index contributed by atoms with van der Waals surface area (Å²) in [6.07, 6.45) is 8.38. The Morgan fingerprint density at radius 3 is 2.20 bits per heavy atom. The molecule has 2 aromatic rings. The molecule has 44 heavy (non-hydrogen) atoms. The zero-order valence-electron chi connectivity index (χ0n) is 26.0. The van der Waals surface area contributed by atoms with Crippen LogP contribution < -0.4 is 10.6 Å². The number of fused-ring (bicyclic) bond motifs is 1. The molecule has 6 rings (SSSR count). The van der Waals surface area contributed by atoms with E-state index in [0.717, 1.165) is 56.4 Å². The molecule has 2 aromatic carbocycles. The Bertz CT molecular complexity index is 1270. The number of urea groups is 1. The second kappa shape index (κ2) is 14.6. The average Bonchev–Trinajstić information content (AvgIpc) is 3.08. The van der Waals surface area contributed by atoms with Gasteiger partial charge in [-0.3, -0.25) is 9.59 Å². The first kappa shape index (κ1) is 30.6. The largest absolute Gasteiger partial charge is 0.342 e. The Labute approximate surface area is 261 Å². The number of carbonyl (C=O) groups is 3. The van der Waals surface area contributed by atoms with E-state index in [2.05, 4.69) is 33.7 Å². The Kier molecular flexibility index (Phi) is 10.1. The van der Waals surface area contributed by atoms with Crippen molar-refractivity contribution < 1.29 is 14.4 Å². The Balaban J connectivity index is 1.04. The van der Waals surface area contributed by atoms with E-state index in [0.29, 0.717) is 32.2 Å². The lowest BCUT2D eigenvalue weighted by Crippen LogP contribution is -2.55. The molecule has 0 aliphatic carbocycles. The summed E-state index contributed by atoms with van der Waals surface area (Å²) in [4.78, 5) is 48.7. The molecular weight excluding hydrogens is 552 g/mol. The summed E-state index contributed by atoms with van der Waals surface area (Å²) in [6, 6.07) is 18.3. The third kappa shape index (κ3) is 7.44. The number of amides is 4. The lowest BCUT2D eigenvalue weighted by Gasteiger charge is -2.41. The monoisotopic (exact) mass is 600 g/mol. The quantitative estimate of drug-likeness (QED) is 0.453. The molecule has 0 spiro atoms. The molecule has 0 aromatic heterocycles. The van der Waals surface area contributed by atoms with Crippen molar-refractivity contribution >= 4 is 23.5 Å². The van der Waals surface area contributed by atoms with Gasteiger partial charge in [-0.25, -0.2) is 4.79 Å². The number of nitrogens with one attached hydrogen (secondary N) is 2. The summed E-state index contributed by atoms with van der Waals surface area (Å²) in [5.74, 6) is 0.0766. The third-order valence-electron chi connectivity index (χ3n) is 10.1. The summed E-state index contributed by atoms with van der Waals surface area (Å²) in [5.41, 5.74) is 3.22. The number of anilines is 1. The fourth-order valence-electron chi connectivity index (χ4n) is 7.49. The van der Waals surface area contributed by atoms with Crippen molar-refractivity contribution in [3.63, 3.8) is 0 Å². The van der Waals surface area contributed by atoms with E-state index in [1.807, 2.05) is 51.1 Å². The van der Waals surface area contributed by atoms with Gasteiger partial charge in [-0.1, -0.05) is 55.0 Å². The van der Waals surface area contributed by atoms with Crippen LogP contribution in [0.2, 0.25) is 0 Å². The molecule has 0 saturated carbocycles. The Morgan fingerprint density at radius 1 is 0.795 bits per heavy atom. The highest BCUT2D eigenvalue weighted by molar-refractivity contribution is 5.92. The lowest BCUT2D eigenvalue weighted by molar-refractivity contribution is -0.141. The fraction of sp³-hybridized carbons (Fsp3) is 0.571. The third-order valence-corrected chi connectivity index (χ3v) is 10.1. The van der Waals surface area contributed by atoms with Crippen molar-refractivity contribution in [2.24, 2.45) is 0 Å². The molecule has 1 atom stereocenters. The highest BCUT2D eigenvalue weighted by Gasteiger charge is 2.35. The Morgan fingerprint density at radius 2 is 1.45 bits per heavy atom. The van der Waals surface area contributed by atoms with Crippen LogP contribution in [0.25, 0.3) is 0 Å².